The number of aliphatic hydroxyl groups excluding tert-OH is 1. The summed E-state index contributed by atoms with van der Waals surface area (Å²) in [5.41, 5.74) is 0.113. The molecule has 0 aromatic heterocycles. The summed E-state index contributed by atoms with van der Waals surface area (Å²) in [7, 11) is 1.63. The maximum atomic E-state index is 12.5. The van der Waals surface area contributed by atoms with E-state index in [2.05, 4.69) is 15.9 Å². The van der Waals surface area contributed by atoms with Gasteiger partial charge in [-0.2, -0.15) is 0 Å². The van der Waals surface area contributed by atoms with Crippen LogP contribution in [0.15, 0.2) is 22.7 Å². The Kier molecular flexibility index (Phi) is 4.95. The third kappa shape index (κ3) is 3.59. The van der Waals surface area contributed by atoms with Crippen molar-refractivity contribution in [2.45, 2.75) is 37.8 Å². The Bertz CT molecular complexity index is 564. The highest BCUT2D eigenvalue weighted by Gasteiger charge is 2.30. The van der Waals surface area contributed by atoms with Gasteiger partial charge in [-0.1, -0.05) is 28.8 Å². The van der Waals surface area contributed by atoms with Crippen molar-refractivity contribution in [1.29, 1.82) is 0 Å². The Labute approximate surface area is 131 Å². The molecule has 0 radical (unpaired) electrons. The highest BCUT2D eigenvalue weighted by molar-refractivity contribution is 9.10. The number of aliphatic hydroxyl groups is 1. The molecule has 21 heavy (non-hydrogen) atoms. The molecule has 1 fully saturated rings. The van der Waals surface area contributed by atoms with Crippen LogP contribution in [0.4, 0.5) is 5.69 Å². The highest BCUT2D eigenvalue weighted by atomic mass is 79.9. The standard InChI is InChI=1S/C14H17BrN2O4/c1-16(12-4-2-3-5-13(12)18)14(19)9-6-10(15)8-11(7-9)17(20)21/h6-8,12-13,18H,2-5H2,1H3. The summed E-state index contributed by atoms with van der Waals surface area (Å²) in [6.45, 7) is 0. The number of nitro benzene ring substituents is 1. The zero-order chi connectivity index (χ0) is 15.6. The molecule has 114 valence electrons. The van der Waals surface area contributed by atoms with E-state index in [-0.39, 0.29) is 23.2 Å². The number of carbonyl (C=O) groups is 1. The van der Waals surface area contributed by atoms with Crippen LogP contribution in [0.2, 0.25) is 0 Å². The van der Waals surface area contributed by atoms with Crippen LogP contribution >= 0.6 is 15.9 Å². The Morgan fingerprint density at radius 1 is 1.38 bits per heavy atom. The minimum absolute atomic E-state index is 0.134. The van der Waals surface area contributed by atoms with Crippen LogP contribution in [0, 0.1) is 10.1 Å². The number of hydrogen-bond acceptors (Lipinski definition) is 4. The molecule has 0 bridgehead atoms. The maximum absolute atomic E-state index is 12.5. The van der Waals surface area contributed by atoms with E-state index in [1.165, 1.54) is 17.0 Å². The van der Waals surface area contributed by atoms with Crippen molar-refractivity contribution < 1.29 is 14.8 Å². The molecule has 2 rings (SSSR count). The smallest absolute Gasteiger partial charge is 0.271 e. The van der Waals surface area contributed by atoms with E-state index in [0.29, 0.717) is 10.9 Å². The molecule has 1 aliphatic rings. The summed E-state index contributed by atoms with van der Waals surface area (Å²) in [6, 6.07) is 3.94. The molecular formula is C14H17BrN2O4. The first-order chi connectivity index (χ1) is 9.90. The normalized spacial score (nSPS) is 21.9. The lowest BCUT2D eigenvalue weighted by Gasteiger charge is -2.35. The molecule has 1 N–H and O–H groups in total. The van der Waals surface area contributed by atoms with Gasteiger partial charge in [-0.3, -0.25) is 14.9 Å². The highest BCUT2D eigenvalue weighted by Crippen LogP contribution is 2.26. The molecule has 2 unspecified atom stereocenters. The topological polar surface area (TPSA) is 83.7 Å². The van der Waals surface area contributed by atoms with E-state index in [1.807, 2.05) is 0 Å². The Morgan fingerprint density at radius 3 is 2.67 bits per heavy atom. The molecular weight excluding hydrogens is 340 g/mol. The van der Waals surface area contributed by atoms with Gasteiger partial charge >= 0.3 is 0 Å². The number of hydrogen-bond donors (Lipinski definition) is 1. The number of benzene rings is 1. The lowest BCUT2D eigenvalue weighted by atomic mass is 9.91. The van der Waals surface area contributed by atoms with Gasteiger partial charge in [-0.25, -0.2) is 0 Å². The Balaban J connectivity index is 2.24. The second-order valence-electron chi connectivity index (χ2n) is 5.29. The molecule has 1 aliphatic carbocycles. The lowest BCUT2D eigenvalue weighted by molar-refractivity contribution is -0.385. The summed E-state index contributed by atoms with van der Waals surface area (Å²) in [5.74, 6) is -0.314. The third-order valence-corrected chi connectivity index (χ3v) is 4.31. The van der Waals surface area contributed by atoms with Crippen LogP contribution in [0.25, 0.3) is 0 Å². The predicted octanol–water partition coefficient (Wildman–Crippen LogP) is 2.73. The van der Waals surface area contributed by atoms with Crippen molar-refractivity contribution in [1.82, 2.24) is 4.90 Å². The Morgan fingerprint density at radius 2 is 2.05 bits per heavy atom. The predicted molar refractivity (Wildman–Crippen MR) is 81.2 cm³/mol. The maximum Gasteiger partial charge on any atom is 0.271 e. The number of amides is 1. The Hall–Kier alpha value is -1.47. The summed E-state index contributed by atoms with van der Waals surface area (Å²) < 4.78 is 0.484. The minimum atomic E-state index is -0.533. The van der Waals surface area contributed by atoms with Gasteiger partial charge in [0.1, 0.15) is 0 Å². The van der Waals surface area contributed by atoms with Crippen LogP contribution in [0.3, 0.4) is 0 Å². The van der Waals surface area contributed by atoms with Crippen molar-refractivity contribution in [2.75, 3.05) is 7.05 Å². The largest absolute Gasteiger partial charge is 0.391 e. The van der Waals surface area contributed by atoms with E-state index in [4.69, 9.17) is 0 Å². The molecule has 0 aliphatic heterocycles. The van der Waals surface area contributed by atoms with E-state index in [1.54, 1.807) is 13.1 Å². The number of nitro groups is 1. The third-order valence-electron chi connectivity index (χ3n) is 3.85. The van der Waals surface area contributed by atoms with Gasteiger partial charge in [0.15, 0.2) is 0 Å². The van der Waals surface area contributed by atoms with Crippen LogP contribution in [0.1, 0.15) is 36.0 Å². The first-order valence-corrected chi connectivity index (χ1v) is 7.59. The van der Waals surface area contributed by atoms with E-state index < -0.39 is 11.0 Å². The van der Waals surface area contributed by atoms with Gasteiger partial charge in [0.05, 0.1) is 17.1 Å². The van der Waals surface area contributed by atoms with E-state index >= 15 is 0 Å². The van der Waals surface area contributed by atoms with Crippen molar-refractivity contribution >= 4 is 27.5 Å². The molecule has 1 aromatic carbocycles. The van der Waals surface area contributed by atoms with Crippen molar-refractivity contribution in [3.63, 3.8) is 0 Å². The molecule has 1 saturated carbocycles. The molecule has 2 atom stereocenters. The molecule has 7 heteroatoms. The summed E-state index contributed by atoms with van der Waals surface area (Å²) in [6.07, 6.45) is 2.83. The second kappa shape index (κ2) is 6.53. The SMILES string of the molecule is CN(C(=O)c1cc(Br)cc([N+](=O)[O-])c1)C1CCCCC1O. The number of halogens is 1. The first-order valence-electron chi connectivity index (χ1n) is 6.80. The van der Waals surface area contributed by atoms with Crippen LogP contribution < -0.4 is 0 Å². The summed E-state index contributed by atoms with van der Waals surface area (Å²) in [5, 5.41) is 20.9. The molecule has 1 amide bonds. The van der Waals surface area contributed by atoms with Crippen molar-refractivity contribution in [3.8, 4) is 0 Å². The van der Waals surface area contributed by atoms with Gasteiger partial charge in [0.25, 0.3) is 11.6 Å². The van der Waals surface area contributed by atoms with Gasteiger partial charge in [-0.15, -0.1) is 0 Å². The van der Waals surface area contributed by atoms with Gasteiger partial charge < -0.3 is 10.0 Å². The number of rotatable bonds is 3. The van der Waals surface area contributed by atoms with Gasteiger partial charge in [0, 0.05) is 29.2 Å². The average Bonchev–Trinajstić information content (AvgIpc) is 2.45. The summed E-state index contributed by atoms with van der Waals surface area (Å²) >= 11 is 3.18. The average molecular weight is 357 g/mol. The number of likely N-dealkylation sites (N-methyl/N-ethyl adjacent to an activating group) is 1. The zero-order valence-electron chi connectivity index (χ0n) is 11.7. The zero-order valence-corrected chi connectivity index (χ0v) is 13.2. The molecule has 0 saturated heterocycles. The summed E-state index contributed by atoms with van der Waals surface area (Å²) in [4.78, 5) is 24.3. The molecule has 6 nitrogen and oxygen atoms in total. The number of non-ortho nitro benzene ring substituents is 1. The van der Waals surface area contributed by atoms with E-state index in [0.717, 1.165) is 19.3 Å². The number of carbonyl (C=O) groups excluding carboxylic acids is 1. The fourth-order valence-electron chi connectivity index (χ4n) is 2.70. The second-order valence-corrected chi connectivity index (χ2v) is 6.21. The van der Waals surface area contributed by atoms with Crippen LogP contribution in [0.5, 0.6) is 0 Å². The van der Waals surface area contributed by atoms with E-state index in [9.17, 15) is 20.0 Å². The van der Waals surface area contributed by atoms with Crippen LogP contribution in [-0.4, -0.2) is 40.0 Å². The van der Waals surface area contributed by atoms with Gasteiger partial charge in [0.2, 0.25) is 0 Å². The molecule has 0 spiro atoms. The number of nitrogens with zero attached hydrogens (tertiary/aromatic N) is 2. The molecule has 0 heterocycles. The molecule has 1 aromatic rings. The quantitative estimate of drug-likeness (QED) is 0.666. The fraction of sp³-hybridized carbons (Fsp3) is 0.500. The van der Waals surface area contributed by atoms with Crippen molar-refractivity contribution in [2.24, 2.45) is 0 Å². The van der Waals surface area contributed by atoms with Crippen LogP contribution in [-0.2, 0) is 0 Å². The van der Waals surface area contributed by atoms with Gasteiger partial charge in [-0.05, 0) is 18.9 Å². The van der Waals surface area contributed by atoms with Crippen molar-refractivity contribution in [3.05, 3.63) is 38.3 Å². The monoisotopic (exact) mass is 356 g/mol. The minimum Gasteiger partial charge on any atom is -0.391 e. The first kappa shape index (κ1) is 15.9. The lowest BCUT2D eigenvalue weighted by Crippen LogP contribution is -2.46. The fourth-order valence-corrected chi connectivity index (χ4v) is 3.18.